The smallest absolute Gasteiger partial charge is 0.264 e. The monoisotopic (exact) mass is 345 g/mol. The van der Waals surface area contributed by atoms with Crippen molar-refractivity contribution in [1.82, 2.24) is 9.97 Å². The van der Waals surface area contributed by atoms with Crippen molar-refractivity contribution >= 4 is 38.8 Å². The minimum absolute atomic E-state index is 0.0708. The summed E-state index contributed by atoms with van der Waals surface area (Å²) in [4.78, 5) is 19.1. The Balaban J connectivity index is 1.59. The Labute approximate surface area is 129 Å². The summed E-state index contributed by atoms with van der Waals surface area (Å²) in [6.45, 7) is -0.0708. The number of benzene rings is 2. The third-order valence-corrected chi connectivity index (χ3v) is 3.36. The molecule has 0 aliphatic heterocycles. The lowest BCUT2D eigenvalue weighted by molar-refractivity contribution is -0.118. The quantitative estimate of drug-likeness (QED) is 0.761. The molecule has 0 saturated heterocycles. The van der Waals surface area contributed by atoms with Crippen LogP contribution in [-0.2, 0) is 4.79 Å². The van der Waals surface area contributed by atoms with Gasteiger partial charge in [0.25, 0.3) is 5.91 Å². The van der Waals surface area contributed by atoms with E-state index in [1.54, 1.807) is 12.1 Å². The molecular weight excluding hydrogens is 334 g/mol. The zero-order chi connectivity index (χ0) is 14.7. The first-order valence-corrected chi connectivity index (χ1v) is 7.13. The van der Waals surface area contributed by atoms with Crippen molar-refractivity contribution in [2.24, 2.45) is 0 Å². The first-order chi connectivity index (χ1) is 10.2. The van der Waals surface area contributed by atoms with Gasteiger partial charge in [-0.25, -0.2) is 4.98 Å². The van der Waals surface area contributed by atoms with Gasteiger partial charge in [0.05, 0.1) is 11.0 Å². The highest BCUT2D eigenvalue weighted by molar-refractivity contribution is 9.10. The molecule has 0 spiro atoms. The molecular formula is C15H12BrN3O2. The van der Waals surface area contributed by atoms with Crippen molar-refractivity contribution in [3.8, 4) is 5.75 Å². The number of carbonyl (C=O) groups excluding carboxylic acids is 1. The number of para-hydroxylation sites is 2. The number of hydrogen-bond donors (Lipinski definition) is 2. The van der Waals surface area contributed by atoms with Crippen LogP contribution < -0.4 is 10.1 Å². The van der Waals surface area contributed by atoms with Crippen LogP contribution in [0.25, 0.3) is 11.0 Å². The van der Waals surface area contributed by atoms with E-state index in [4.69, 9.17) is 4.74 Å². The van der Waals surface area contributed by atoms with Crippen molar-refractivity contribution in [3.05, 3.63) is 53.0 Å². The van der Waals surface area contributed by atoms with Gasteiger partial charge in [-0.3, -0.25) is 10.1 Å². The summed E-state index contributed by atoms with van der Waals surface area (Å²) in [7, 11) is 0. The number of H-pyrrole nitrogens is 1. The fourth-order valence-electron chi connectivity index (χ4n) is 1.86. The summed E-state index contributed by atoms with van der Waals surface area (Å²) in [5.41, 5.74) is 1.68. The van der Waals surface area contributed by atoms with Crippen LogP contribution in [0.15, 0.2) is 53.0 Å². The van der Waals surface area contributed by atoms with Gasteiger partial charge in [0.1, 0.15) is 5.75 Å². The molecule has 6 heteroatoms. The summed E-state index contributed by atoms with van der Waals surface area (Å²) in [6.07, 6.45) is 0. The minimum Gasteiger partial charge on any atom is -0.484 e. The van der Waals surface area contributed by atoms with Crippen molar-refractivity contribution in [2.75, 3.05) is 11.9 Å². The van der Waals surface area contributed by atoms with E-state index in [0.29, 0.717) is 11.7 Å². The maximum absolute atomic E-state index is 11.8. The topological polar surface area (TPSA) is 67.0 Å². The Morgan fingerprint density at radius 1 is 1.19 bits per heavy atom. The Morgan fingerprint density at radius 3 is 2.71 bits per heavy atom. The minimum atomic E-state index is -0.267. The second-order valence-corrected chi connectivity index (χ2v) is 5.31. The lowest BCUT2D eigenvalue weighted by Gasteiger charge is -2.05. The summed E-state index contributed by atoms with van der Waals surface area (Å²) in [5.74, 6) is 0.788. The number of ether oxygens (including phenoxy) is 1. The molecule has 0 saturated carbocycles. The van der Waals surface area contributed by atoms with Gasteiger partial charge in [-0.1, -0.05) is 28.1 Å². The van der Waals surface area contributed by atoms with Crippen LogP contribution in [0.1, 0.15) is 0 Å². The van der Waals surface area contributed by atoms with Crippen molar-refractivity contribution < 1.29 is 9.53 Å². The van der Waals surface area contributed by atoms with Crippen LogP contribution in [0.3, 0.4) is 0 Å². The van der Waals surface area contributed by atoms with Crippen molar-refractivity contribution in [3.63, 3.8) is 0 Å². The molecule has 1 aromatic heterocycles. The Hall–Kier alpha value is -2.34. The van der Waals surface area contributed by atoms with Crippen LogP contribution in [0, 0.1) is 0 Å². The van der Waals surface area contributed by atoms with E-state index in [9.17, 15) is 4.79 Å². The van der Waals surface area contributed by atoms with E-state index in [1.165, 1.54) is 0 Å². The average Bonchev–Trinajstić information content (AvgIpc) is 2.88. The molecule has 1 heterocycles. The highest BCUT2D eigenvalue weighted by Crippen LogP contribution is 2.16. The van der Waals surface area contributed by atoms with Crippen LogP contribution >= 0.6 is 15.9 Å². The number of imidazole rings is 1. The third-order valence-electron chi connectivity index (χ3n) is 2.83. The fourth-order valence-corrected chi connectivity index (χ4v) is 2.12. The molecule has 0 fully saturated rings. The maximum atomic E-state index is 11.8. The number of aromatic nitrogens is 2. The normalized spacial score (nSPS) is 10.5. The van der Waals surface area contributed by atoms with Gasteiger partial charge in [-0.2, -0.15) is 0 Å². The molecule has 0 bridgehead atoms. The van der Waals surface area contributed by atoms with E-state index in [1.807, 2.05) is 36.4 Å². The van der Waals surface area contributed by atoms with Gasteiger partial charge in [-0.15, -0.1) is 0 Å². The summed E-state index contributed by atoms with van der Waals surface area (Å²) >= 11 is 3.34. The zero-order valence-corrected chi connectivity index (χ0v) is 12.6. The maximum Gasteiger partial charge on any atom is 0.264 e. The molecule has 0 aliphatic rings. The average molecular weight is 346 g/mol. The second-order valence-electron chi connectivity index (χ2n) is 4.39. The van der Waals surface area contributed by atoms with E-state index >= 15 is 0 Å². The molecule has 3 aromatic rings. The van der Waals surface area contributed by atoms with E-state index in [0.717, 1.165) is 15.5 Å². The number of nitrogens with one attached hydrogen (secondary N) is 2. The fraction of sp³-hybridized carbons (Fsp3) is 0.0667. The first-order valence-electron chi connectivity index (χ1n) is 6.34. The summed E-state index contributed by atoms with van der Waals surface area (Å²) in [5, 5.41) is 2.67. The lowest BCUT2D eigenvalue weighted by Crippen LogP contribution is -2.20. The van der Waals surface area contributed by atoms with E-state index in [-0.39, 0.29) is 12.5 Å². The number of hydrogen-bond acceptors (Lipinski definition) is 3. The summed E-state index contributed by atoms with van der Waals surface area (Å²) < 4.78 is 6.35. The van der Waals surface area contributed by atoms with Gasteiger partial charge in [-0.05, 0) is 36.4 Å². The van der Waals surface area contributed by atoms with Gasteiger partial charge < -0.3 is 9.72 Å². The molecule has 0 unspecified atom stereocenters. The van der Waals surface area contributed by atoms with Crippen LogP contribution in [0.4, 0.5) is 5.95 Å². The van der Waals surface area contributed by atoms with Crippen LogP contribution in [-0.4, -0.2) is 22.5 Å². The van der Waals surface area contributed by atoms with Gasteiger partial charge in [0.2, 0.25) is 5.95 Å². The van der Waals surface area contributed by atoms with Crippen LogP contribution in [0.5, 0.6) is 5.75 Å². The number of carbonyl (C=O) groups is 1. The molecule has 3 rings (SSSR count). The molecule has 2 N–H and O–H groups in total. The number of halogens is 1. The van der Waals surface area contributed by atoms with Crippen molar-refractivity contribution in [1.29, 1.82) is 0 Å². The number of nitrogens with zero attached hydrogens (tertiary/aromatic N) is 1. The second kappa shape index (κ2) is 5.97. The van der Waals surface area contributed by atoms with E-state index < -0.39 is 0 Å². The molecule has 21 heavy (non-hydrogen) atoms. The molecule has 106 valence electrons. The third kappa shape index (κ3) is 3.41. The van der Waals surface area contributed by atoms with Gasteiger partial charge >= 0.3 is 0 Å². The first kappa shape index (κ1) is 13.6. The van der Waals surface area contributed by atoms with Gasteiger partial charge in [0, 0.05) is 4.47 Å². The number of rotatable bonds is 4. The number of amides is 1. The van der Waals surface area contributed by atoms with Crippen molar-refractivity contribution in [2.45, 2.75) is 0 Å². The highest BCUT2D eigenvalue weighted by atomic mass is 79.9. The number of anilines is 1. The molecule has 0 atom stereocenters. The number of fused-ring (bicyclic) bond motifs is 1. The lowest BCUT2D eigenvalue weighted by atomic mass is 10.3. The predicted molar refractivity (Wildman–Crippen MR) is 84.4 cm³/mol. The predicted octanol–water partition coefficient (Wildman–Crippen LogP) is 3.34. The van der Waals surface area contributed by atoms with Crippen LogP contribution in [0.2, 0.25) is 0 Å². The molecule has 2 aromatic carbocycles. The van der Waals surface area contributed by atoms with E-state index in [2.05, 4.69) is 31.2 Å². The Morgan fingerprint density at radius 2 is 1.95 bits per heavy atom. The Bertz CT molecular complexity index is 735. The zero-order valence-electron chi connectivity index (χ0n) is 11.0. The highest BCUT2D eigenvalue weighted by Gasteiger charge is 2.07. The molecule has 0 radical (unpaired) electrons. The molecule has 1 amide bonds. The SMILES string of the molecule is O=C(COc1ccc(Br)cc1)Nc1nc2ccccc2[nH]1. The largest absolute Gasteiger partial charge is 0.484 e. The standard InChI is InChI=1S/C15H12BrN3O2/c16-10-5-7-11(8-6-10)21-9-14(20)19-15-17-12-3-1-2-4-13(12)18-15/h1-8H,9H2,(H2,17,18,19,20). The molecule has 5 nitrogen and oxygen atoms in total. The number of aromatic amines is 1. The Kier molecular flexibility index (Phi) is 3.87. The summed E-state index contributed by atoms with van der Waals surface area (Å²) in [6, 6.07) is 14.9. The molecule has 0 aliphatic carbocycles. The van der Waals surface area contributed by atoms with Gasteiger partial charge in [0.15, 0.2) is 6.61 Å².